The Bertz CT molecular complexity index is 797. The number of carbonyl (C=O) groups excluding carboxylic acids is 1. The van der Waals surface area contributed by atoms with Gasteiger partial charge >= 0.3 is 0 Å². The molecule has 0 aliphatic heterocycles. The summed E-state index contributed by atoms with van der Waals surface area (Å²) in [5.74, 6) is -1.19. The van der Waals surface area contributed by atoms with E-state index in [1.165, 1.54) is 0 Å². The third-order valence-corrected chi connectivity index (χ3v) is 3.60. The average Bonchev–Trinajstić information content (AvgIpc) is 2.46. The molecule has 3 nitrogen and oxygen atoms in total. The highest BCUT2D eigenvalue weighted by Gasteiger charge is 2.08. The molecular formula is C16H9BrNO2-. The number of carboxylic acids is 1. The van der Waals surface area contributed by atoms with Crippen molar-refractivity contribution in [3.05, 3.63) is 64.6 Å². The fourth-order valence-electron chi connectivity index (χ4n) is 2.11. The van der Waals surface area contributed by atoms with E-state index in [9.17, 15) is 9.90 Å². The van der Waals surface area contributed by atoms with Crippen LogP contribution in [0, 0.1) is 0 Å². The third kappa shape index (κ3) is 2.30. The highest BCUT2D eigenvalue weighted by Crippen LogP contribution is 2.25. The molecule has 4 heteroatoms. The largest absolute Gasteiger partial charge is 0.545 e. The lowest BCUT2D eigenvalue weighted by molar-refractivity contribution is -0.254. The van der Waals surface area contributed by atoms with Crippen molar-refractivity contribution in [2.45, 2.75) is 0 Å². The topological polar surface area (TPSA) is 53.0 Å². The molecule has 0 fully saturated rings. The number of fused-ring (bicyclic) bond motifs is 1. The van der Waals surface area contributed by atoms with Crippen LogP contribution in [0.4, 0.5) is 0 Å². The van der Waals surface area contributed by atoms with Gasteiger partial charge in [-0.3, -0.25) is 0 Å². The van der Waals surface area contributed by atoms with Crippen molar-refractivity contribution in [2.24, 2.45) is 0 Å². The van der Waals surface area contributed by atoms with E-state index in [2.05, 4.69) is 20.9 Å². The van der Waals surface area contributed by atoms with Crippen LogP contribution in [0.15, 0.2) is 59.1 Å². The van der Waals surface area contributed by atoms with Crippen LogP contribution in [0.5, 0.6) is 0 Å². The van der Waals surface area contributed by atoms with Gasteiger partial charge in [0.05, 0.1) is 17.2 Å². The fourth-order valence-corrected chi connectivity index (χ4v) is 2.38. The summed E-state index contributed by atoms with van der Waals surface area (Å²) in [4.78, 5) is 15.8. The summed E-state index contributed by atoms with van der Waals surface area (Å²) in [7, 11) is 0. The fraction of sp³-hybridized carbons (Fsp3) is 0. The van der Waals surface area contributed by atoms with Gasteiger partial charge in [0, 0.05) is 21.0 Å². The third-order valence-electron chi connectivity index (χ3n) is 3.08. The Balaban J connectivity index is 2.27. The number of hydrogen-bond acceptors (Lipinski definition) is 3. The van der Waals surface area contributed by atoms with Crippen molar-refractivity contribution in [1.82, 2.24) is 4.98 Å². The van der Waals surface area contributed by atoms with E-state index in [0.717, 1.165) is 10.0 Å². The van der Waals surface area contributed by atoms with Gasteiger partial charge in [0.1, 0.15) is 0 Å². The molecule has 0 radical (unpaired) electrons. The molecule has 0 amide bonds. The van der Waals surface area contributed by atoms with Crippen LogP contribution in [-0.4, -0.2) is 11.0 Å². The molecule has 0 unspecified atom stereocenters. The normalized spacial score (nSPS) is 10.7. The molecule has 1 aromatic heterocycles. The molecular weight excluding hydrogens is 318 g/mol. The number of para-hydroxylation sites is 1. The summed E-state index contributed by atoms with van der Waals surface area (Å²) in [6.07, 6.45) is 0. The first-order valence-electron chi connectivity index (χ1n) is 6.02. The summed E-state index contributed by atoms with van der Waals surface area (Å²) in [5, 5.41) is 11.9. The van der Waals surface area contributed by atoms with Crippen LogP contribution >= 0.6 is 15.9 Å². The lowest BCUT2D eigenvalue weighted by atomic mass is 10.0. The van der Waals surface area contributed by atoms with Crippen LogP contribution in [0.3, 0.4) is 0 Å². The maximum Gasteiger partial charge on any atom is 0.0722 e. The number of aromatic nitrogens is 1. The number of rotatable bonds is 2. The van der Waals surface area contributed by atoms with Crippen molar-refractivity contribution in [3.63, 3.8) is 0 Å². The minimum atomic E-state index is -1.19. The van der Waals surface area contributed by atoms with Crippen LogP contribution in [0.25, 0.3) is 22.2 Å². The molecule has 0 spiro atoms. The summed E-state index contributed by atoms with van der Waals surface area (Å²) < 4.78 is 0.960. The van der Waals surface area contributed by atoms with E-state index in [0.29, 0.717) is 16.6 Å². The predicted molar refractivity (Wildman–Crippen MR) is 79.2 cm³/mol. The standard InChI is InChI=1S/C16H10BrNO2/c17-11-7-5-10(6-8-11)15-9-13(16(19)20)12-3-1-2-4-14(12)18-15/h1-9H,(H,19,20)/p-1. The number of benzene rings is 2. The molecule has 3 rings (SSSR count). The van der Waals surface area contributed by atoms with E-state index in [-0.39, 0.29) is 5.56 Å². The predicted octanol–water partition coefficient (Wildman–Crippen LogP) is 3.03. The van der Waals surface area contributed by atoms with Crippen molar-refractivity contribution in [3.8, 4) is 11.3 Å². The zero-order valence-electron chi connectivity index (χ0n) is 10.3. The second-order valence-corrected chi connectivity index (χ2v) is 5.28. The van der Waals surface area contributed by atoms with Gasteiger partial charge in [0.25, 0.3) is 0 Å². The van der Waals surface area contributed by atoms with Gasteiger partial charge in [0.15, 0.2) is 0 Å². The van der Waals surface area contributed by atoms with Gasteiger partial charge in [-0.25, -0.2) is 4.98 Å². The maximum absolute atomic E-state index is 11.3. The number of hydrogen-bond donors (Lipinski definition) is 0. The first-order chi connectivity index (χ1) is 9.65. The number of carboxylic acid groups (broad SMARTS) is 1. The molecule has 0 saturated heterocycles. The Morgan fingerprint density at radius 2 is 1.75 bits per heavy atom. The minimum Gasteiger partial charge on any atom is -0.545 e. The molecule has 0 aliphatic rings. The van der Waals surface area contributed by atoms with Crippen LogP contribution in [-0.2, 0) is 0 Å². The van der Waals surface area contributed by atoms with E-state index < -0.39 is 5.97 Å². The smallest absolute Gasteiger partial charge is 0.0722 e. The van der Waals surface area contributed by atoms with Crippen molar-refractivity contribution >= 4 is 32.8 Å². The summed E-state index contributed by atoms with van der Waals surface area (Å²) in [6, 6.07) is 16.3. The lowest BCUT2D eigenvalue weighted by Gasteiger charge is -2.10. The number of aromatic carboxylic acids is 1. The van der Waals surface area contributed by atoms with Crippen molar-refractivity contribution in [2.75, 3.05) is 0 Å². The SMILES string of the molecule is O=C([O-])c1cc(-c2ccc(Br)cc2)nc2ccccc12. The Labute approximate surface area is 124 Å². The molecule has 0 N–H and O–H groups in total. The molecule has 0 aliphatic carbocycles. The lowest BCUT2D eigenvalue weighted by Crippen LogP contribution is -2.22. The van der Waals surface area contributed by atoms with Crippen molar-refractivity contribution in [1.29, 1.82) is 0 Å². The van der Waals surface area contributed by atoms with Gasteiger partial charge in [-0.1, -0.05) is 46.3 Å². The first kappa shape index (κ1) is 12.8. The second kappa shape index (κ2) is 5.06. The molecule has 1 heterocycles. The van der Waals surface area contributed by atoms with Crippen LogP contribution < -0.4 is 5.11 Å². The van der Waals surface area contributed by atoms with E-state index in [1.807, 2.05) is 30.3 Å². The minimum absolute atomic E-state index is 0.161. The first-order valence-corrected chi connectivity index (χ1v) is 6.81. The molecule has 0 atom stereocenters. The molecule has 3 aromatic rings. The zero-order chi connectivity index (χ0) is 14.1. The van der Waals surface area contributed by atoms with Gasteiger partial charge in [-0.05, 0) is 24.3 Å². The molecule has 2 aromatic carbocycles. The van der Waals surface area contributed by atoms with Gasteiger partial charge in [-0.15, -0.1) is 0 Å². The highest BCUT2D eigenvalue weighted by atomic mass is 79.9. The van der Waals surface area contributed by atoms with Gasteiger partial charge < -0.3 is 9.90 Å². The van der Waals surface area contributed by atoms with Crippen molar-refractivity contribution < 1.29 is 9.90 Å². The maximum atomic E-state index is 11.3. The quantitative estimate of drug-likeness (QED) is 0.727. The zero-order valence-corrected chi connectivity index (χ0v) is 11.9. The number of pyridine rings is 1. The van der Waals surface area contributed by atoms with Gasteiger partial charge in [-0.2, -0.15) is 0 Å². The Kier molecular flexibility index (Phi) is 3.24. The Morgan fingerprint density at radius 1 is 1.05 bits per heavy atom. The summed E-state index contributed by atoms with van der Waals surface area (Å²) in [6.45, 7) is 0. The molecule has 20 heavy (non-hydrogen) atoms. The Hall–Kier alpha value is -2.20. The van der Waals surface area contributed by atoms with E-state index in [4.69, 9.17) is 0 Å². The average molecular weight is 327 g/mol. The number of halogens is 1. The van der Waals surface area contributed by atoms with E-state index in [1.54, 1.807) is 24.3 Å². The summed E-state index contributed by atoms with van der Waals surface area (Å²) >= 11 is 3.37. The van der Waals surface area contributed by atoms with Crippen LogP contribution in [0.1, 0.15) is 10.4 Å². The van der Waals surface area contributed by atoms with Crippen LogP contribution in [0.2, 0.25) is 0 Å². The number of nitrogens with zero attached hydrogens (tertiary/aromatic N) is 1. The highest BCUT2D eigenvalue weighted by molar-refractivity contribution is 9.10. The van der Waals surface area contributed by atoms with Gasteiger partial charge in [0.2, 0.25) is 0 Å². The molecule has 0 saturated carbocycles. The number of carbonyl (C=O) groups is 1. The molecule has 0 bridgehead atoms. The second-order valence-electron chi connectivity index (χ2n) is 4.37. The summed E-state index contributed by atoms with van der Waals surface area (Å²) in [5.41, 5.74) is 2.29. The Morgan fingerprint density at radius 3 is 2.45 bits per heavy atom. The monoisotopic (exact) mass is 326 g/mol. The molecule has 98 valence electrons. The van der Waals surface area contributed by atoms with E-state index >= 15 is 0 Å².